The maximum absolute atomic E-state index is 5.97. The van der Waals surface area contributed by atoms with Crippen molar-refractivity contribution < 1.29 is 4.74 Å². The van der Waals surface area contributed by atoms with E-state index in [9.17, 15) is 0 Å². The molecule has 2 aliphatic rings. The maximum atomic E-state index is 5.97. The second-order valence-corrected chi connectivity index (χ2v) is 5.22. The van der Waals surface area contributed by atoms with Gasteiger partial charge in [0.05, 0.1) is 12.2 Å². The fourth-order valence-electron chi connectivity index (χ4n) is 3.27. The van der Waals surface area contributed by atoms with E-state index in [2.05, 4.69) is 26.1 Å². The predicted octanol–water partition coefficient (Wildman–Crippen LogP) is 2.72. The fraction of sp³-hybridized carbons (Fsp3) is 1.00. The van der Waals surface area contributed by atoms with Gasteiger partial charge in [-0.25, -0.2) is 0 Å². The summed E-state index contributed by atoms with van der Waals surface area (Å²) >= 11 is 0. The number of ether oxygens (including phenoxy) is 1. The molecule has 5 atom stereocenters. The molecule has 1 N–H and O–H groups in total. The van der Waals surface area contributed by atoms with Gasteiger partial charge >= 0.3 is 0 Å². The van der Waals surface area contributed by atoms with E-state index in [1.54, 1.807) is 0 Å². The second kappa shape index (κ2) is 4.84. The fourth-order valence-corrected chi connectivity index (χ4v) is 3.27. The van der Waals surface area contributed by atoms with E-state index >= 15 is 0 Å². The third-order valence-electron chi connectivity index (χ3n) is 4.15. The van der Waals surface area contributed by atoms with Crippen LogP contribution in [-0.4, -0.2) is 24.3 Å². The molecule has 88 valence electrons. The van der Waals surface area contributed by atoms with Crippen LogP contribution in [0.4, 0.5) is 0 Å². The molecule has 2 rings (SSSR count). The normalized spacial score (nSPS) is 44.6. The summed E-state index contributed by atoms with van der Waals surface area (Å²) in [5.74, 6) is 0.775. The number of hydrogen-bond donors (Lipinski definition) is 1. The lowest BCUT2D eigenvalue weighted by Gasteiger charge is -2.18. The predicted molar refractivity (Wildman–Crippen MR) is 63.0 cm³/mol. The smallest absolute Gasteiger partial charge is 0.0732 e. The standard InChI is InChI=1S/C13H25NO/c1-4-6-7-10-8-11-9(3)15-12(5-2)13(11)14-10/h9-14H,4-8H2,1-3H3. The summed E-state index contributed by atoms with van der Waals surface area (Å²) in [6.07, 6.45) is 7.46. The van der Waals surface area contributed by atoms with Gasteiger partial charge in [0.2, 0.25) is 0 Å². The van der Waals surface area contributed by atoms with Crippen molar-refractivity contribution in [3.8, 4) is 0 Å². The molecule has 0 spiro atoms. The minimum absolute atomic E-state index is 0.469. The van der Waals surface area contributed by atoms with E-state index in [-0.39, 0.29) is 0 Å². The van der Waals surface area contributed by atoms with Crippen molar-refractivity contribution in [1.82, 2.24) is 5.32 Å². The molecule has 0 saturated carbocycles. The molecule has 0 aliphatic carbocycles. The van der Waals surface area contributed by atoms with Crippen molar-refractivity contribution in [3.63, 3.8) is 0 Å². The first kappa shape index (κ1) is 11.4. The molecule has 2 heterocycles. The first-order valence-corrected chi connectivity index (χ1v) is 6.67. The Balaban J connectivity index is 1.89. The summed E-state index contributed by atoms with van der Waals surface area (Å²) in [5.41, 5.74) is 0. The van der Waals surface area contributed by atoms with Crippen molar-refractivity contribution in [2.75, 3.05) is 0 Å². The molecule has 0 amide bonds. The zero-order valence-electron chi connectivity index (χ0n) is 10.3. The minimum atomic E-state index is 0.469. The molecule has 0 aromatic carbocycles. The first-order valence-electron chi connectivity index (χ1n) is 6.67. The van der Waals surface area contributed by atoms with Crippen LogP contribution in [0.3, 0.4) is 0 Å². The average Bonchev–Trinajstić information content (AvgIpc) is 2.76. The Hall–Kier alpha value is -0.0800. The lowest BCUT2D eigenvalue weighted by atomic mass is 9.93. The molecule has 2 fully saturated rings. The molecule has 0 bridgehead atoms. The summed E-state index contributed by atoms with van der Waals surface area (Å²) < 4.78 is 5.97. The van der Waals surface area contributed by atoms with Crippen LogP contribution < -0.4 is 5.32 Å². The van der Waals surface area contributed by atoms with Gasteiger partial charge in [-0.1, -0.05) is 26.7 Å². The van der Waals surface area contributed by atoms with E-state index in [1.165, 1.54) is 25.7 Å². The highest BCUT2D eigenvalue weighted by molar-refractivity contribution is 5.01. The highest BCUT2D eigenvalue weighted by Gasteiger charge is 2.46. The van der Waals surface area contributed by atoms with Crippen LogP contribution in [0, 0.1) is 5.92 Å². The SMILES string of the molecule is CCCCC1CC2C(C)OC(CC)C2N1. The Kier molecular flexibility index (Phi) is 3.68. The number of nitrogens with one attached hydrogen (secondary N) is 1. The molecule has 5 unspecified atom stereocenters. The number of fused-ring (bicyclic) bond motifs is 1. The van der Waals surface area contributed by atoms with Crippen molar-refractivity contribution in [1.29, 1.82) is 0 Å². The molecule has 2 saturated heterocycles. The number of rotatable bonds is 4. The van der Waals surface area contributed by atoms with Crippen molar-refractivity contribution in [2.24, 2.45) is 5.92 Å². The summed E-state index contributed by atoms with van der Waals surface area (Å²) in [4.78, 5) is 0. The molecule has 2 nitrogen and oxygen atoms in total. The van der Waals surface area contributed by atoms with E-state index in [1.807, 2.05) is 0 Å². The first-order chi connectivity index (χ1) is 7.26. The van der Waals surface area contributed by atoms with Gasteiger partial charge in [0, 0.05) is 18.0 Å². The van der Waals surface area contributed by atoms with Gasteiger partial charge < -0.3 is 10.1 Å². The van der Waals surface area contributed by atoms with E-state index in [0.717, 1.165) is 18.4 Å². The zero-order chi connectivity index (χ0) is 10.8. The van der Waals surface area contributed by atoms with Gasteiger partial charge in [-0.05, 0) is 26.2 Å². The zero-order valence-corrected chi connectivity index (χ0v) is 10.3. The largest absolute Gasteiger partial charge is 0.373 e. The highest BCUT2D eigenvalue weighted by atomic mass is 16.5. The van der Waals surface area contributed by atoms with Crippen molar-refractivity contribution >= 4 is 0 Å². The minimum Gasteiger partial charge on any atom is -0.373 e. The van der Waals surface area contributed by atoms with Gasteiger partial charge in [-0.2, -0.15) is 0 Å². The summed E-state index contributed by atoms with van der Waals surface area (Å²) in [6.45, 7) is 6.76. The Morgan fingerprint density at radius 2 is 2.13 bits per heavy atom. The third kappa shape index (κ3) is 2.21. The van der Waals surface area contributed by atoms with E-state index < -0.39 is 0 Å². The highest BCUT2D eigenvalue weighted by Crippen LogP contribution is 2.37. The van der Waals surface area contributed by atoms with Crippen molar-refractivity contribution in [2.45, 2.75) is 77.2 Å². The maximum Gasteiger partial charge on any atom is 0.0732 e. The van der Waals surface area contributed by atoms with Crippen molar-refractivity contribution in [3.05, 3.63) is 0 Å². The van der Waals surface area contributed by atoms with Crippen LogP contribution in [0.2, 0.25) is 0 Å². The Morgan fingerprint density at radius 3 is 2.80 bits per heavy atom. The van der Waals surface area contributed by atoms with Crippen LogP contribution >= 0.6 is 0 Å². The topological polar surface area (TPSA) is 21.3 Å². The number of unbranched alkanes of at least 4 members (excludes halogenated alkanes) is 1. The van der Waals surface area contributed by atoms with Gasteiger partial charge in [-0.15, -0.1) is 0 Å². The van der Waals surface area contributed by atoms with Gasteiger partial charge in [-0.3, -0.25) is 0 Å². The summed E-state index contributed by atoms with van der Waals surface area (Å²) in [6, 6.07) is 1.41. The third-order valence-corrected chi connectivity index (χ3v) is 4.15. The molecule has 0 aromatic rings. The molecule has 2 aliphatic heterocycles. The lowest BCUT2D eigenvalue weighted by Crippen LogP contribution is -2.37. The monoisotopic (exact) mass is 211 g/mol. The average molecular weight is 211 g/mol. The Labute approximate surface area is 93.8 Å². The van der Waals surface area contributed by atoms with Gasteiger partial charge in [0.25, 0.3) is 0 Å². The second-order valence-electron chi connectivity index (χ2n) is 5.22. The molecule has 15 heavy (non-hydrogen) atoms. The van der Waals surface area contributed by atoms with Crippen LogP contribution in [0.1, 0.15) is 52.9 Å². The molecule has 2 heteroatoms. The van der Waals surface area contributed by atoms with Crippen LogP contribution in [0.25, 0.3) is 0 Å². The van der Waals surface area contributed by atoms with Gasteiger partial charge in [0.15, 0.2) is 0 Å². The molecule has 0 aromatic heterocycles. The van der Waals surface area contributed by atoms with Crippen LogP contribution in [0.5, 0.6) is 0 Å². The summed E-state index contributed by atoms with van der Waals surface area (Å²) in [7, 11) is 0. The Bertz CT molecular complexity index is 207. The molecular formula is C13H25NO. The van der Waals surface area contributed by atoms with E-state index in [4.69, 9.17) is 4.74 Å². The van der Waals surface area contributed by atoms with E-state index in [0.29, 0.717) is 18.2 Å². The van der Waals surface area contributed by atoms with Gasteiger partial charge in [0.1, 0.15) is 0 Å². The van der Waals surface area contributed by atoms with Crippen LogP contribution in [0.15, 0.2) is 0 Å². The quantitative estimate of drug-likeness (QED) is 0.772. The lowest BCUT2D eigenvalue weighted by molar-refractivity contribution is 0.0330. The Morgan fingerprint density at radius 1 is 1.33 bits per heavy atom. The van der Waals surface area contributed by atoms with Crippen LogP contribution in [-0.2, 0) is 4.74 Å². The molecule has 0 radical (unpaired) electrons. The molecular weight excluding hydrogens is 186 g/mol. The number of hydrogen-bond acceptors (Lipinski definition) is 2. The summed E-state index contributed by atoms with van der Waals surface area (Å²) in [5, 5.41) is 3.79.